The van der Waals surface area contributed by atoms with Gasteiger partial charge in [0, 0.05) is 13.1 Å². The molecule has 1 amide bonds. The lowest BCUT2D eigenvalue weighted by atomic mass is 9.58. The molecular weight excluding hydrogens is 311 g/mol. The van der Waals surface area contributed by atoms with Crippen molar-refractivity contribution in [1.29, 1.82) is 0 Å². The first-order valence-electron chi connectivity index (χ1n) is 8.09. The van der Waals surface area contributed by atoms with Crippen LogP contribution in [0, 0.1) is 28.6 Å². The molecule has 23 heavy (non-hydrogen) atoms. The molecule has 1 unspecified atom stereocenters. The zero-order chi connectivity index (χ0) is 17.2. The summed E-state index contributed by atoms with van der Waals surface area (Å²) in [6.45, 7) is 3.66. The number of carbonyl (C=O) groups is 2. The van der Waals surface area contributed by atoms with Crippen LogP contribution in [0.1, 0.15) is 39.5 Å². The van der Waals surface area contributed by atoms with E-state index in [0.717, 1.165) is 6.42 Å². The highest BCUT2D eigenvalue weighted by Gasteiger charge is 2.67. The molecule has 3 atom stereocenters. The van der Waals surface area contributed by atoms with Gasteiger partial charge in [0.15, 0.2) is 0 Å². The highest BCUT2D eigenvalue weighted by molar-refractivity contribution is 5.91. The third-order valence-electron chi connectivity index (χ3n) is 6.35. The third-order valence-corrected chi connectivity index (χ3v) is 6.35. The Morgan fingerprint density at radius 3 is 2.17 bits per heavy atom. The van der Waals surface area contributed by atoms with Gasteiger partial charge in [-0.25, -0.2) is 0 Å². The molecule has 0 radical (unpaired) electrons. The number of carbonyl (C=O) groups excluding carboxylic acids is 1. The maximum Gasteiger partial charge on any atom is 0.392 e. The topological polar surface area (TPSA) is 57.6 Å². The fraction of sp³-hybridized carbons (Fsp3) is 0.875. The summed E-state index contributed by atoms with van der Waals surface area (Å²) < 4.78 is 39.8. The Kier molecular flexibility index (Phi) is 3.51. The van der Waals surface area contributed by atoms with Gasteiger partial charge in [-0.15, -0.1) is 0 Å². The van der Waals surface area contributed by atoms with Crippen molar-refractivity contribution < 1.29 is 27.9 Å². The number of halogens is 3. The molecule has 1 spiro atoms. The predicted octanol–water partition coefficient (Wildman–Crippen LogP) is 2.92. The molecule has 2 saturated carbocycles. The largest absolute Gasteiger partial charge is 0.481 e. The summed E-state index contributed by atoms with van der Waals surface area (Å²) in [6, 6.07) is 0. The number of hydrogen-bond donors (Lipinski definition) is 1. The molecule has 0 aromatic heterocycles. The fourth-order valence-electron chi connectivity index (χ4n) is 4.75. The number of amides is 1. The number of piperidine rings is 1. The Labute approximate surface area is 133 Å². The van der Waals surface area contributed by atoms with Crippen LogP contribution in [0.4, 0.5) is 13.2 Å². The minimum Gasteiger partial charge on any atom is -0.481 e. The lowest BCUT2D eigenvalue weighted by Gasteiger charge is -2.54. The van der Waals surface area contributed by atoms with Crippen molar-refractivity contribution in [3.8, 4) is 0 Å². The van der Waals surface area contributed by atoms with Gasteiger partial charge in [-0.3, -0.25) is 9.59 Å². The Bertz CT molecular complexity index is 539. The van der Waals surface area contributed by atoms with E-state index in [-0.39, 0.29) is 25.4 Å². The smallest absolute Gasteiger partial charge is 0.392 e. The zero-order valence-electron chi connectivity index (χ0n) is 13.3. The maximum atomic E-state index is 13.3. The van der Waals surface area contributed by atoms with E-state index in [2.05, 4.69) is 0 Å². The standard InChI is InChI=1S/C16H22F3NO3/c1-14(2)10(11(14)13(22)23)12(21)20-7-4-9(16(17,18)19)15(8-20)5-3-6-15/h9-11H,3-8H2,1-2H3,(H,22,23)/t9?,10-,11+/m1/s1. The van der Waals surface area contributed by atoms with Crippen LogP contribution in [0.5, 0.6) is 0 Å². The van der Waals surface area contributed by atoms with Gasteiger partial charge in [-0.05, 0) is 30.1 Å². The van der Waals surface area contributed by atoms with Crippen molar-refractivity contribution in [2.75, 3.05) is 13.1 Å². The summed E-state index contributed by atoms with van der Waals surface area (Å²) in [5, 5.41) is 9.20. The van der Waals surface area contributed by atoms with Gasteiger partial charge in [0.25, 0.3) is 0 Å². The lowest BCUT2D eigenvalue weighted by molar-refractivity contribution is -0.237. The Balaban J connectivity index is 1.74. The van der Waals surface area contributed by atoms with Gasteiger partial charge >= 0.3 is 12.1 Å². The molecule has 130 valence electrons. The monoisotopic (exact) mass is 333 g/mol. The highest BCUT2D eigenvalue weighted by atomic mass is 19.4. The molecule has 0 aromatic rings. The number of hydrogen-bond acceptors (Lipinski definition) is 2. The van der Waals surface area contributed by atoms with Crippen molar-refractivity contribution >= 4 is 11.9 Å². The number of likely N-dealkylation sites (tertiary alicyclic amines) is 1. The minimum absolute atomic E-state index is 0.0693. The van der Waals surface area contributed by atoms with E-state index in [9.17, 15) is 27.9 Å². The van der Waals surface area contributed by atoms with Gasteiger partial charge < -0.3 is 10.0 Å². The Hall–Kier alpha value is -1.27. The van der Waals surface area contributed by atoms with E-state index in [1.165, 1.54) is 4.90 Å². The molecule has 1 aliphatic heterocycles. The van der Waals surface area contributed by atoms with Crippen LogP contribution in [0.2, 0.25) is 0 Å². The summed E-state index contributed by atoms with van der Waals surface area (Å²) >= 11 is 0. The van der Waals surface area contributed by atoms with Crippen LogP contribution in [0.25, 0.3) is 0 Å². The van der Waals surface area contributed by atoms with E-state index in [1.807, 2.05) is 0 Å². The summed E-state index contributed by atoms with van der Waals surface area (Å²) in [4.78, 5) is 25.4. The number of carboxylic acid groups (broad SMARTS) is 1. The van der Waals surface area contributed by atoms with Crippen LogP contribution in [0.15, 0.2) is 0 Å². The number of alkyl halides is 3. The normalized spacial score (nSPS) is 34.8. The highest BCUT2D eigenvalue weighted by Crippen LogP contribution is 2.61. The summed E-state index contributed by atoms with van der Waals surface area (Å²) in [5.74, 6) is -3.96. The first-order chi connectivity index (χ1) is 10.5. The predicted molar refractivity (Wildman–Crippen MR) is 75.4 cm³/mol. The second-order valence-corrected chi connectivity index (χ2v) is 7.97. The van der Waals surface area contributed by atoms with Crippen LogP contribution >= 0.6 is 0 Å². The fourth-order valence-corrected chi connectivity index (χ4v) is 4.75. The molecular formula is C16H22F3NO3. The molecule has 0 bridgehead atoms. The van der Waals surface area contributed by atoms with E-state index in [4.69, 9.17) is 0 Å². The van der Waals surface area contributed by atoms with E-state index < -0.39 is 40.7 Å². The van der Waals surface area contributed by atoms with Crippen molar-refractivity contribution in [2.24, 2.45) is 28.6 Å². The van der Waals surface area contributed by atoms with Gasteiger partial charge in [0.2, 0.25) is 5.91 Å². The second kappa shape index (κ2) is 4.86. The molecule has 1 heterocycles. The van der Waals surface area contributed by atoms with Crippen molar-refractivity contribution in [1.82, 2.24) is 4.90 Å². The van der Waals surface area contributed by atoms with Crippen LogP contribution in [-0.2, 0) is 9.59 Å². The van der Waals surface area contributed by atoms with Crippen molar-refractivity contribution in [3.63, 3.8) is 0 Å². The molecule has 2 aliphatic carbocycles. The number of nitrogens with zero attached hydrogens (tertiary/aromatic N) is 1. The maximum absolute atomic E-state index is 13.3. The molecule has 3 fully saturated rings. The first kappa shape index (κ1) is 16.6. The number of aliphatic carboxylic acids is 1. The second-order valence-electron chi connectivity index (χ2n) is 7.97. The van der Waals surface area contributed by atoms with Crippen molar-refractivity contribution in [2.45, 2.75) is 45.7 Å². The molecule has 7 heteroatoms. The van der Waals surface area contributed by atoms with Gasteiger partial charge in [0.05, 0.1) is 17.8 Å². The van der Waals surface area contributed by atoms with E-state index in [0.29, 0.717) is 12.8 Å². The summed E-state index contributed by atoms with van der Waals surface area (Å²) in [6.07, 6.45) is -2.53. The molecule has 1 N–H and O–H groups in total. The number of rotatable bonds is 2. The van der Waals surface area contributed by atoms with Crippen LogP contribution in [0.3, 0.4) is 0 Å². The Morgan fingerprint density at radius 2 is 1.78 bits per heavy atom. The summed E-state index contributed by atoms with van der Waals surface area (Å²) in [7, 11) is 0. The minimum atomic E-state index is -4.22. The molecule has 1 saturated heterocycles. The van der Waals surface area contributed by atoms with E-state index >= 15 is 0 Å². The third kappa shape index (κ3) is 2.43. The average molecular weight is 333 g/mol. The molecule has 3 rings (SSSR count). The van der Waals surface area contributed by atoms with Crippen molar-refractivity contribution in [3.05, 3.63) is 0 Å². The molecule has 0 aromatic carbocycles. The van der Waals surface area contributed by atoms with Gasteiger partial charge in [-0.2, -0.15) is 13.2 Å². The van der Waals surface area contributed by atoms with E-state index in [1.54, 1.807) is 13.8 Å². The average Bonchev–Trinajstić information content (AvgIpc) is 2.97. The first-order valence-corrected chi connectivity index (χ1v) is 8.09. The van der Waals surface area contributed by atoms with Gasteiger partial charge in [0.1, 0.15) is 0 Å². The summed E-state index contributed by atoms with van der Waals surface area (Å²) in [5.41, 5.74) is -1.46. The Morgan fingerprint density at radius 1 is 1.17 bits per heavy atom. The molecule has 4 nitrogen and oxygen atoms in total. The SMILES string of the molecule is CC1(C)[C@H](C(=O)O)[C@@H]1C(=O)N1CCC(C(F)(F)F)C2(CCC2)C1. The molecule has 3 aliphatic rings. The van der Waals surface area contributed by atoms with Gasteiger partial charge in [-0.1, -0.05) is 20.3 Å². The van der Waals surface area contributed by atoms with Crippen LogP contribution in [-0.4, -0.2) is 41.1 Å². The number of carboxylic acids is 1. The van der Waals surface area contributed by atoms with Crippen LogP contribution < -0.4 is 0 Å². The zero-order valence-corrected chi connectivity index (χ0v) is 13.3. The quantitative estimate of drug-likeness (QED) is 0.845. The lowest BCUT2D eigenvalue weighted by Crippen LogP contribution is -2.58.